The van der Waals surface area contributed by atoms with E-state index < -0.39 is 0 Å². The number of ether oxygens (including phenoxy) is 1. The Balaban J connectivity index is 2.66. The second-order valence-electron chi connectivity index (χ2n) is 3.35. The summed E-state index contributed by atoms with van der Waals surface area (Å²) < 4.78 is 18.2. The quantitative estimate of drug-likeness (QED) is 0.737. The average Bonchev–Trinajstić information content (AvgIpc) is 1.99. The highest BCUT2D eigenvalue weighted by Gasteiger charge is 2.00. The van der Waals surface area contributed by atoms with Gasteiger partial charge >= 0.3 is 0 Å². The summed E-state index contributed by atoms with van der Waals surface area (Å²) in [5.41, 5.74) is 0. The smallest absolute Gasteiger partial charge is 0.128 e. The fourth-order valence-corrected chi connectivity index (χ4v) is 1.14. The summed E-state index contributed by atoms with van der Waals surface area (Å²) in [6.45, 7) is 4.68. The van der Waals surface area contributed by atoms with Crippen LogP contribution in [0.2, 0.25) is 0 Å². The number of hydrogen-bond donors (Lipinski definition) is 1. The molecule has 0 aliphatic rings. The standard InChI is InChI=1S/C10H13FOS/c1-7(2)6-12-9-3-8(11)4-10(13)5-9/h3-5,7,13H,6H2,1-2H3. The van der Waals surface area contributed by atoms with E-state index in [4.69, 9.17) is 4.74 Å². The molecular weight excluding hydrogens is 187 g/mol. The molecular formula is C10H13FOS. The van der Waals surface area contributed by atoms with Crippen molar-refractivity contribution in [2.45, 2.75) is 18.7 Å². The molecule has 0 aliphatic carbocycles. The lowest BCUT2D eigenvalue weighted by molar-refractivity contribution is 0.269. The van der Waals surface area contributed by atoms with E-state index >= 15 is 0 Å². The second-order valence-corrected chi connectivity index (χ2v) is 3.87. The third-order valence-corrected chi connectivity index (χ3v) is 1.70. The maximum atomic E-state index is 12.8. The van der Waals surface area contributed by atoms with Crippen LogP contribution in [0.4, 0.5) is 4.39 Å². The maximum Gasteiger partial charge on any atom is 0.128 e. The maximum absolute atomic E-state index is 12.8. The second kappa shape index (κ2) is 4.51. The number of rotatable bonds is 3. The van der Waals surface area contributed by atoms with Crippen LogP contribution >= 0.6 is 12.6 Å². The van der Waals surface area contributed by atoms with Crippen LogP contribution in [-0.4, -0.2) is 6.61 Å². The Labute approximate surface area is 83.3 Å². The molecule has 0 radical (unpaired) electrons. The monoisotopic (exact) mass is 200 g/mol. The van der Waals surface area contributed by atoms with Crippen molar-refractivity contribution in [2.24, 2.45) is 5.92 Å². The van der Waals surface area contributed by atoms with E-state index in [2.05, 4.69) is 12.6 Å². The number of benzene rings is 1. The fourth-order valence-electron chi connectivity index (χ4n) is 0.894. The summed E-state index contributed by atoms with van der Waals surface area (Å²) in [4.78, 5) is 0.582. The lowest BCUT2D eigenvalue weighted by Gasteiger charge is -2.08. The molecule has 0 atom stereocenters. The fraction of sp³-hybridized carbons (Fsp3) is 0.400. The van der Waals surface area contributed by atoms with Gasteiger partial charge in [0.05, 0.1) is 6.61 Å². The first-order chi connectivity index (χ1) is 6.08. The van der Waals surface area contributed by atoms with Crippen molar-refractivity contribution in [3.8, 4) is 5.75 Å². The molecule has 72 valence electrons. The summed E-state index contributed by atoms with van der Waals surface area (Å²) in [6, 6.07) is 4.42. The van der Waals surface area contributed by atoms with Gasteiger partial charge in [-0.25, -0.2) is 4.39 Å². The van der Waals surface area contributed by atoms with Crippen LogP contribution in [0, 0.1) is 11.7 Å². The Morgan fingerprint density at radius 3 is 2.62 bits per heavy atom. The van der Waals surface area contributed by atoms with Crippen molar-refractivity contribution in [1.29, 1.82) is 0 Å². The molecule has 1 aromatic rings. The Hall–Kier alpha value is -0.700. The van der Waals surface area contributed by atoms with Gasteiger partial charge in [-0.15, -0.1) is 12.6 Å². The average molecular weight is 200 g/mol. The van der Waals surface area contributed by atoms with Crippen molar-refractivity contribution in [3.63, 3.8) is 0 Å². The van der Waals surface area contributed by atoms with E-state index in [0.29, 0.717) is 23.2 Å². The molecule has 1 rings (SSSR count). The zero-order valence-electron chi connectivity index (χ0n) is 7.75. The highest BCUT2D eigenvalue weighted by Crippen LogP contribution is 2.19. The number of halogens is 1. The number of hydrogen-bond acceptors (Lipinski definition) is 2. The molecule has 1 nitrogen and oxygen atoms in total. The van der Waals surface area contributed by atoms with Crippen molar-refractivity contribution < 1.29 is 9.13 Å². The third-order valence-electron chi connectivity index (χ3n) is 1.44. The van der Waals surface area contributed by atoms with Gasteiger partial charge < -0.3 is 4.74 Å². The van der Waals surface area contributed by atoms with Crippen LogP contribution in [0.1, 0.15) is 13.8 Å². The Bertz CT molecular complexity index is 266. The molecule has 13 heavy (non-hydrogen) atoms. The zero-order chi connectivity index (χ0) is 9.84. The number of thiol groups is 1. The van der Waals surface area contributed by atoms with Gasteiger partial charge in [-0.05, 0) is 18.1 Å². The van der Waals surface area contributed by atoms with E-state index in [1.165, 1.54) is 12.1 Å². The van der Waals surface area contributed by atoms with Crippen LogP contribution in [0.5, 0.6) is 5.75 Å². The van der Waals surface area contributed by atoms with Gasteiger partial charge in [0.25, 0.3) is 0 Å². The predicted molar refractivity (Wildman–Crippen MR) is 54.0 cm³/mol. The summed E-state index contributed by atoms with van der Waals surface area (Å²) in [5, 5.41) is 0. The van der Waals surface area contributed by atoms with Crippen molar-refractivity contribution in [3.05, 3.63) is 24.0 Å². The van der Waals surface area contributed by atoms with Crippen LogP contribution in [0.3, 0.4) is 0 Å². The minimum atomic E-state index is -0.314. The van der Waals surface area contributed by atoms with Crippen molar-refractivity contribution in [2.75, 3.05) is 6.61 Å². The lowest BCUT2D eigenvalue weighted by atomic mass is 10.2. The molecule has 3 heteroatoms. The predicted octanol–water partition coefficient (Wildman–Crippen LogP) is 3.15. The van der Waals surface area contributed by atoms with Crippen molar-refractivity contribution in [1.82, 2.24) is 0 Å². The zero-order valence-corrected chi connectivity index (χ0v) is 8.64. The molecule has 0 amide bonds. The molecule has 0 saturated heterocycles. The highest BCUT2D eigenvalue weighted by atomic mass is 32.1. The normalized spacial score (nSPS) is 10.5. The van der Waals surface area contributed by atoms with E-state index in [-0.39, 0.29) is 5.82 Å². The van der Waals surface area contributed by atoms with Gasteiger partial charge in [-0.3, -0.25) is 0 Å². The van der Waals surface area contributed by atoms with E-state index in [1.54, 1.807) is 6.07 Å². The highest BCUT2D eigenvalue weighted by molar-refractivity contribution is 7.80. The molecule has 0 N–H and O–H groups in total. The largest absolute Gasteiger partial charge is 0.493 e. The Kier molecular flexibility index (Phi) is 3.60. The summed E-state index contributed by atoms with van der Waals surface area (Å²) >= 11 is 4.05. The first kappa shape index (κ1) is 10.4. The molecule has 0 heterocycles. The SMILES string of the molecule is CC(C)COc1cc(F)cc(S)c1. The van der Waals surface area contributed by atoms with Gasteiger partial charge in [-0.2, -0.15) is 0 Å². The van der Waals surface area contributed by atoms with Crippen LogP contribution in [0.15, 0.2) is 23.1 Å². The van der Waals surface area contributed by atoms with Crippen molar-refractivity contribution >= 4 is 12.6 Å². The molecule has 0 saturated carbocycles. The van der Waals surface area contributed by atoms with Gasteiger partial charge in [-0.1, -0.05) is 13.8 Å². The van der Waals surface area contributed by atoms with Crippen LogP contribution in [0.25, 0.3) is 0 Å². The lowest BCUT2D eigenvalue weighted by Crippen LogP contribution is -2.04. The van der Waals surface area contributed by atoms with Gasteiger partial charge in [0, 0.05) is 11.0 Å². The molecule has 0 aliphatic heterocycles. The van der Waals surface area contributed by atoms with Gasteiger partial charge in [0.15, 0.2) is 0 Å². The molecule has 0 aromatic heterocycles. The Morgan fingerprint density at radius 1 is 1.38 bits per heavy atom. The minimum absolute atomic E-state index is 0.314. The van der Waals surface area contributed by atoms with E-state index in [0.717, 1.165) is 0 Å². The molecule has 0 bridgehead atoms. The van der Waals surface area contributed by atoms with Gasteiger partial charge in [0.1, 0.15) is 11.6 Å². The summed E-state index contributed by atoms with van der Waals surface area (Å²) in [5.74, 6) is 0.664. The minimum Gasteiger partial charge on any atom is -0.493 e. The summed E-state index contributed by atoms with van der Waals surface area (Å²) in [6.07, 6.45) is 0. The first-order valence-electron chi connectivity index (χ1n) is 4.20. The van der Waals surface area contributed by atoms with Crippen LogP contribution < -0.4 is 4.74 Å². The van der Waals surface area contributed by atoms with E-state index in [1.807, 2.05) is 13.8 Å². The molecule has 0 fully saturated rings. The Morgan fingerprint density at radius 2 is 2.08 bits per heavy atom. The molecule has 1 aromatic carbocycles. The summed E-state index contributed by atoms with van der Waals surface area (Å²) in [7, 11) is 0. The van der Waals surface area contributed by atoms with Crippen LogP contribution in [-0.2, 0) is 0 Å². The third kappa shape index (κ3) is 3.68. The topological polar surface area (TPSA) is 9.23 Å². The first-order valence-corrected chi connectivity index (χ1v) is 4.65. The molecule has 0 spiro atoms. The van der Waals surface area contributed by atoms with Gasteiger partial charge in [0.2, 0.25) is 0 Å². The molecule has 0 unspecified atom stereocenters. The van der Waals surface area contributed by atoms with E-state index in [9.17, 15) is 4.39 Å².